The van der Waals surface area contributed by atoms with Crippen LogP contribution in [0.1, 0.15) is 136 Å². The third-order valence-corrected chi connectivity index (χ3v) is 14.1. The van der Waals surface area contributed by atoms with Crippen LogP contribution in [-0.4, -0.2) is 228 Å². The molecule has 0 aromatic rings. The van der Waals surface area contributed by atoms with Crippen LogP contribution in [-0.2, 0) is 37.9 Å². The van der Waals surface area contributed by atoms with Crippen molar-refractivity contribution in [1.29, 1.82) is 0 Å². The quantitative estimate of drug-likeness (QED) is 0.0347. The van der Waals surface area contributed by atoms with Gasteiger partial charge in [-0.2, -0.15) is 0 Å². The molecule has 4 heterocycles. The maximum Gasteiger partial charge on any atom is 0.194 e. The lowest BCUT2D eigenvalue weighted by Crippen LogP contribution is -2.65. The van der Waals surface area contributed by atoms with Gasteiger partial charge in [0.2, 0.25) is 0 Å². The highest BCUT2D eigenvalue weighted by Crippen LogP contribution is 2.38. The number of aliphatic hydroxyl groups excluding tert-OH is 13. The second-order valence-corrected chi connectivity index (χ2v) is 19.7. The minimum absolute atomic E-state index is 0.141. The van der Waals surface area contributed by atoms with Crippen LogP contribution in [0.2, 0.25) is 0 Å². The van der Waals surface area contributed by atoms with Gasteiger partial charge < -0.3 is 109 Å². The molecule has 4 saturated heterocycles. The minimum Gasteiger partial charge on any atom is -0.394 e. The van der Waals surface area contributed by atoms with Gasteiger partial charge in [-0.3, -0.25) is 0 Å². The lowest BCUT2D eigenvalue weighted by atomic mass is 9.79. The number of rotatable bonds is 32. The topological polar surface area (TPSA) is 357 Å². The first-order valence-corrected chi connectivity index (χ1v) is 25.5. The Morgan fingerprint density at radius 3 is 1.26 bits per heavy atom. The highest BCUT2D eigenvalue weighted by molar-refractivity contribution is 4.96. The molecular formula is C47H88O22. The predicted octanol–water partition coefficient (Wildman–Crippen LogP) is -1.33. The first kappa shape index (κ1) is 60.7. The van der Waals surface area contributed by atoms with E-state index in [0.717, 1.165) is 103 Å². The molecule has 0 saturated carbocycles. The van der Waals surface area contributed by atoms with Crippen molar-refractivity contribution < 1.29 is 109 Å². The zero-order chi connectivity index (χ0) is 50.7. The predicted molar refractivity (Wildman–Crippen MR) is 241 cm³/mol. The molecule has 0 bridgehead atoms. The van der Waals surface area contributed by atoms with Crippen LogP contribution < -0.4 is 0 Å². The summed E-state index contributed by atoms with van der Waals surface area (Å²) in [6.07, 6.45) is -12.9. The fourth-order valence-electron chi connectivity index (χ4n) is 9.62. The van der Waals surface area contributed by atoms with Crippen molar-refractivity contribution in [3.05, 3.63) is 0 Å². The smallest absolute Gasteiger partial charge is 0.194 e. The standard InChI is InChI=1S/C47H88O22/c1-3-5-7-9-11-13-15-17-19-46(20-18-16-14-12-10-8-6-4-2,26-62-42-38(59)35(56)40(30(23-49)65-42)67-44-37(58)34(55)33(54)29(22-48)64-44)27-63-43-39(60)36(57)41(31(24-50)66-43)68-45-32(53)28(52)21-47(61,25-51)69-45/h28-45,48-61H,3-27H2,1-2H3/t28?,29?,30?,31?,32?,33-,34+,35-,36?,37?,38?,39?,40-,41-,42-,43-,44+,45+,47?/m1/s1. The van der Waals surface area contributed by atoms with Crippen LogP contribution in [0.15, 0.2) is 0 Å². The van der Waals surface area contributed by atoms with Crippen molar-refractivity contribution in [3.63, 3.8) is 0 Å². The van der Waals surface area contributed by atoms with Crippen LogP contribution in [0.4, 0.5) is 0 Å². The average molecular weight is 1010 g/mol. The van der Waals surface area contributed by atoms with Gasteiger partial charge in [0.15, 0.2) is 30.9 Å². The van der Waals surface area contributed by atoms with Gasteiger partial charge in [-0.05, 0) is 12.8 Å². The Bertz CT molecular complexity index is 1350. The molecule has 0 aromatic carbocycles. The van der Waals surface area contributed by atoms with E-state index in [1.807, 2.05) is 0 Å². The summed E-state index contributed by atoms with van der Waals surface area (Å²) in [4.78, 5) is 0. The second-order valence-electron chi connectivity index (χ2n) is 19.7. The fraction of sp³-hybridized carbons (Fsp3) is 1.00. The molecule has 19 atom stereocenters. The second kappa shape index (κ2) is 30.5. The highest BCUT2D eigenvalue weighted by atomic mass is 16.8. The maximum absolute atomic E-state index is 11.4. The van der Waals surface area contributed by atoms with Crippen molar-refractivity contribution in [2.75, 3.05) is 39.6 Å². The van der Waals surface area contributed by atoms with E-state index in [2.05, 4.69) is 13.8 Å². The van der Waals surface area contributed by atoms with Gasteiger partial charge in [-0.15, -0.1) is 0 Å². The molecule has 22 nitrogen and oxygen atoms in total. The van der Waals surface area contributed by atoms with E-state index in [1.54, 1.807) is 0 Å². The van der Waals surface area contributed by atoms with E-state index in [0.29, 0.717) is 12.8 Å². The van der Waals surface area contributed by atoms with Crippen LogP contribution >= 0.6 is 0 Å². The summed E-state index contributed by atoms with van der Waals surface area (Å²) in [5, 5.41) is 148. The van der Waals surface area contributed by atoms with Crippen LogP contribution in [0, 0.1) is 5.41 Å². The number of hydrogen-bond acceptors (Lipinski definition) is 22. The SMILES string of the molecule is CCCCCCCCCCC(CCCCCCCCCC)(CO[C@@H]1OC(CO)[C@@H](O[C@H]2OC(O)(CO)CC(O)C2O)C(O)C1O)CO[C@@H]1OC(CO)[C@@H](O[C@@H]2OC(CO)[C@@H](O)[C@H](O)C2O)[C@H](O)C1O. The van der Waals surface area contributed by atoms with E-state index in [-0.39, 0.29) is 13.2 Å². The summed E-state index contributed by atoms with van der Waals surface area (Å²) in [5.74, 6) is -2.29. The molecular weight excluding hydrogens is 916 g/mol. The number of unbranched alkanes of at least 4 members (excludes halogenated alkanes) is 14. The zero-order valence-corrected chi connectivity index (χ0v) is 40.6. The third kappa shape index (κ3) is 17.3. The van der Waals surface area contributed by atoms with Gasteiger partial charge in [0.1, 0.15) is 79.4 Å². The number of ether oxygens (including phenoxy) is 8. The van der Waals surface area contributed by atoms with Crippen molar-refractivity contribution >= 4 is 0 Å². The van der Waals surface area contributed by atoms with E-state index in [9.17, 15) is 71.5 Å². The molecule has 0 aliphatic carbocycles. The van der Waals surface area contributed by atoms with Gasteiger partial charge in [0, 0.05) is 11.8 Å². The Hall–Kier alpha value is -0.880. The summed E-state index contributed by atoms with van der Waals surface area (Å²) >= 11 is 0. The van der Waals surface area contributed by atoms with Gasteiger partial charge in [0.05, 0.1) is 45.7 Å². The first-order valence-electron chi connectivity index (χ1n) is 25.5. The van der Waals surface area contributed by atoms with E-state index < -0.39 is 155 Å². The van der Waals surface area contributed by atoms with Crippen LogP contribution in [0.3, 0.4) is 0 Å². The molecule has 10 unspecified atom stereocenters. The van der Waals surface area contributed by atoms with E-state index in [4.69, 9.17) is 37.9 Å². The summed E-state index contributed by atoms with van der Waals surface area (Å²) < 4.78 is 46.8. The Balaban J connectivity index is 1.54. The van der Waals surface area contributed by atoms with Gasteiger partial charge >= 0.3 is 0 Å². The molecule has 4 aliphatic rings. The molecule has 0 amide bonds. The number of aliphatic hydroxyl groups is 14. The molecule has 22 heteroatoms. The van der Waals surface area contributed by atoms with Gasteiger partial charge in [0.25, 0.3) is 0 Å². The minimum atomic E-state index is -2.29. The molecule has 69 heavy (non-hydrogen) atoms. The van der Waals surface area contributed by atoms with E-state index in [1.165, 1.54) is 0 Å². The largest absolute Gasteiger partial charge is 0.394 e. The average Bonchev–Trinajstić information content (AvgIpc) is 3.34. The van der Waals surface area contributed by atoms with E-state index >= 15 is 0 Å². The Morgan fingerprint density at radius 2 is 0.841 bits per heavy atom. The van der Waals surface area contributed by atoms with Crippen LogP contribution in [0.25, 0.3) is 0 Å². The first-order chi connectivity index (χ1) is 33.0. The zero-order valence-electron chi connectivity index (χ0n) is 40.6. The Kier molecular flexibility index (Phi) is 26.8. The summed E-state index contributed by atoms with van der Waals surface area (Å²) in [7, 11) is 0. The summed E-state index contributed by atoms with van der Waals surface area (Å²) in [5.41, 5.74) is -0.877. The molecule has 4 rings (SSSR count). The Morgan fingerprint density at radius 1 is 0.449 bits per heavy atom. The monoisotopic (exact) mass is 1000 g/mol. The molecule has 4 aliphatic heterocycles. The number of hydrogen-bond donors (Lipinski definition) is 14. The highest BCUT2D eigenvalue weighted by Gasteiger charge is 2.54. The summed E-state index contributed by atoms with van der Waals surface area (Å²) in [6, 6.07) is 0. The molecule has 14 N–H and O–H groups in total. The van der Waals surface area contributed by atoms with Gasteiger partial charge in [-0.1, -0.05) is 117 Å². The Labute approximate surface area is 406 Å². The fourth-order valence-corrected chi connectivity index (χ4v) is 9.62. The molecule has 0 aromatic heterocycles. The van der Waals surface area contributed by atoms with Crippen LogP contribution in [0.5, 0.6) is 0 Å². The van der Waals surface area contributed by atoms with Crippen molar-refractivity contribution in [2.45, 2.75) is 252 Å². The lowest BCUT2D eigenvalue weighted by molar-refractivity contribution is -0.395. The molecule has 0 spiro atoms. The normalized spacial score (nSPS) is 39.0. The molecule has 408 valence electrons. The molecule has 4 fully saturated rings. The van der Waals surface area contributed by atoms with Crippen molar-refractivity contribution in [2.24, 2.45) is 5.41 Å². The third-order valence-electron chi connectivity index (χ3n) is 14.1. The lowest BCUT2D eigenvalue weighted by Gasteiger charge is -2.47. The summed E-state index contributed by atoms with van der Waals surface area (Å²) in [6.45, 7) is 0.795. The van der Waals surface area contributed by atoms with Crippen molar-refractivity contribution in [1.82, 2.24) is 0 Å². The molecule has 0 radical (unpaired) electrons. The van der Waals surface area contributed by atoms with Crippen molar-refractivity contribution in [3.8, 4) is 0 Å². The van der Waals surface area contributed by atoms with Gasteiger partial charge in [-0.25, -0.2) is 0 Å². The maximum atomic E-state index is 11.4.